The van der Waals surface area contributed by atoms with Gasteiger partial charge in [0.2, 0.25) is 0 Å². The van der Waals surface area contributed by atoms with Gasteiger partial charge in [0, 0.05) is 35.7 Å². The number of nitrogens with one attached hydrogen (secondary N) is 1. The van der Waals surface area contributed by atoms with Crippen LogP contribution in [0.15, 0.2) is 28.7 Å². The van der Waals surface area contributed by atoms with Crippen LogP contribution in [-0.2, 0) is 0 Å². The number of halogens is 2. The number of benzene rings is 1. The Bertz CT molecular complexity index is 423. The van der Waals surface area contributed by atoms with E-state index in [1.165, 1.54) is 48.8 Å². The van der Waals surface area contributed by atoms with Gasteiger partial charge in [-0.2, -0.15) is 0 Å². The Morgan fingerprint density at radius 2 is 1.90 bits per heavy atom. The average molecular weight is 360 g/mol. The van der Waals surface area contributed by atoms with E-state index in [-0.39, 0.29) is 12.4 Å². The van der Waals surface area contributed by atoms with Crippen LogP contribution in [0.25, 0.3) is 0 Å². The van der Waals surface area contributed by atoms with Gasteiger partial charge in [-0.05, 0) is 43.4 Å². The van der Waals surface area contributed by atoms with Gasteiger partial charge in [0.05, 0.1) is 0 Å². The highest BCUT2D eigenvalue weighted by molar-refractivity contribution is 9.10. The molecule has 0 saturated carbocycles. The summed E-state index contributed by atoms with van der Waals surface area (Å²) in [6.45, 7) is 4.76. The van der Waals surface area contributed by atoms with E-state index in [1.54, 1.807) is 0 Å². The van der Waals surface area contributed by atoms with Crippen LogP contribution in [-0.4, -0.2) is 30.1 Å². The first-order chi connectivity index (χ1) is 9.26. The number of nitrogens with zero attached hydrogens (tertiary/aromatic N) is 1. The van der Waals surface area contributed by atoms with E-state index < -0.39 is 0 Å². The van der Waals surface area contributed by atoms with Gasteiger partial charge in [-0.1, -0.05) is 35.0 Å². The van der Waals surface area contributed by atoms with Gasteiger partial charge in [0.1, 0.15) is 0 Å². The van der Waals surface area contributed by atoms with Crippen molar-refractivity contribution in [3.8, 4) is 0 Å². The van der Waals surface area contributed by atoms with Crippen molar-refractivity contribution in [1.82, 2.24) is 10.2 Å². The number of fused-ring (bicyclic) bond motifs is 2. The van der Waals surface area contributed by atoms with Crippen LogP contribution in [0.3, 0.4) is 0 Å². The van der Waals surface area contributed by atoms with Crippen LogP contribution < -0.4 is 5.32 Å². The Hall–Kier alpha value is -0.0900. The lowest BCUT2D eigenvalue weighted by molar-refractivity contribution is 0.182. The Morgan fingerprint density at radius 1 is 1.20 bits per heavy atom. The largest absolute Gasteiger partial charge is 0.310 e. The number of likely N-dealkylation sites (tertiary alicyclic amines) is 1. The van der Waals surface area contributed by atoms with Crippen LogP contribution in [0.1, 0.15) is 44.2 Å². The standard InChI is InChI=1S/C16H23BrN2.ClH/c1-2-16(12-3-5-13(17)6-4-12)19-10-9-14-7-8-15(11-19)18-14;/h3-6,14-16,18H,2,7-11H2,1H3;1H. The lowest BCUT2D eigenvalue weighted by Gasteiger charge is -2.32. The maximum absolute atomic E-state index is 3.77. The fourth-order valence-electron chi connectivity index (χ4n) is 3.64. The van der Waals surface area contributed by atoms with Crippen molar-refractivity contribution < 1.29 is 0 Å². The third-order valence-corrected chi connectivity index (χ3v) is 5.17. The molecule has 3 unspecified atom stereocenters. The molecule has 0 aliphatic carbocycles. The second kappa shape index (κ2) is 7.26. The Kier molecular flexibility index (Phi) is 5.91. The number of hydrogen-bond donors (Lipinski definition) is 1. The lowest BCUT2D eigenvalue weighted by atomic mass is 10.00. The summed E-state index contributed by atoms with van der Waals surface area (Å²) in [5, 5.41) is 3.77. The minimum absolute atomic E-state index is 0. The minimum Gasteiger partial charge on any atom is -0.310 e. The Morgan fingerprint density at radius 3 is 2.60 bits per heavy atom. The zero-order valence-electron chi connectivity index (χ0n) is 12.0. The van der Waals surface area contributed by atoms with E-state index in [2.05, 4.69) is 57.3 Å². The molecule has 2 aliphatic rings. The first-order valence-corrected chi connectivity index (χ1v) is 8.31. The molecule has 2 bridgehead atoms. The predicted molar refractivity (Wildman–Crippen MR) is 90.6 cm³/mol. The van der Waals surface area contributed by atoms with Gasteiger partial charge in [0.25, 0.3) is 0 Å². The molecule has 2 aliphatic heterocycles. The highest BCUT2D eigenvalue weighted by atomic mass is 79.9. The van der Waals surface area contributed by atoms with Gasteiger partial charge in [-0.3, -0.25) is 4.90 Å². The average Bonchev–Trinajstić information content (AvgIpc) is 2.74. The van der Waals surface area contributed by atoms with E-state index in [1.807, 2.05) is 0 Å². The van der Waals surface area contributed by atoms with Crippen molar-refractivity contribution in [1.29, 1.82) is 0 Å². The van der Waals surface area contributed by atoms with Crippen molar-refractivity contribution in [2.75, 3.05) is 13.1 Å². The number of hydrogen-bond acceptors (Lipinski definition) is 2. The molecule has 3 atom stereocenters. The molecule has 0 aromatic heterocycles. The molecule has 2 heterocycles. The van der Waals surface area contributed by atoms with Gasteiger partial charge in [-0.25, -0.2) is 0 Å². The zero-order valence-corrected chi connectivity index (χ0v) is 14.4. The van der Waals surface area contributed by atoms with E-state index >= 15 is 0 Å². The van der Waals surface area contributed by atoms with Crippen LogP contribution in [0.5, 0.6) is 0 Å². The molecular weight excluding hydrogens is 336 g/mol. The molecule has 3 rings (SSSR count). The van der Waals surface area contributed by atoms with Crippen molar-refractivity contribution in [2.45, 2.75) is 50.7 Å². The second-order valence-electron chi connectivity index (χ2n) is 5.90. The smallest absolute Gasteiger partial charge is 0.0346 e. The first-order valence-electron chi connectivity index (χ1n) is 7.52. The molecular formula is C16H24BrClN2. The van der Waals surface area contributed by atoms with Crippen molar-refractivity contribution in [3.63, 3.8) is 0 Å². The van der Waals surface area contributed by atoms with Crippen LogP contribution >= 0.6 is 28.3 Å². The monoisotopic (exact) mass is 358 g/mol. The lowest BCUT2D eigenvalue weighted by Crippen LogP contribution is -2.37. The van der Waals surface area contributed by atoms with E-state index in [0.717, 1.165) is 12.1 Å². The molecule has 0 amide bonds. The predicted octanol–water partition coefficient (Wildman–Crippen LogP) is 4.15. The maximum atomic E-state index is 3.77. The highest BCUT2D eigenvalue weighted by Crippen LogP contribution is 2.30. The fourth-order valence-corrected chi connectivity index (χ4v) is 3.91. The maximum Gasteiger partial charge on any atom is 0.0346 e. The van der Waals surface area contributed by atoms with E-state index in [9.17, 15) is 0 Å². The molecule has 20 heavy (non-hydrogen) atoms. The molecule has 1 aromatic carbocycles. The summed E-state index contributed by atoms with van der Waals surface area (Å²) in [7, 11) is 0. The normalized spacial score (nSPS) is 27.7. The molecule has 1 aromatic rings. The molecule has 112 valence electrons. The van der Waals surface area contributed by atoms with Gasteiger partial charge >= 0.3 is 0 Å². The molecule has 0 spiro atoms. The minimum atomic E-state index is 0. The van der Waals surface area contributed by atoms with Crippen LogP contribution in [0.2, 0.25) is 0 Å². The van der Waals surface area contributed by atoms with Gasteiger partial charge < -0.3 is 5.32 Å². The van der Waals surface area contributed by atoms with Crippen LogP contribution in [0, 0.1) is 0 Å². The summed E-state index contributed by atoms with van der Waals surface area (Å²) >= 11 is 3.53. The fraction of sp³-hybridized carbons (Fsp3) is 0.625. The molecule has 2 saturated heterocycles. The third kappa shape index (κ3) is 3.56. The van der Waals surface area contributed by atoms with Crippen molar-refractivity contribution in [2.24, 2.45) is 0 Å². The molecule has 0 radical (unpaired) electrons. The number of rotatable bonds is 3. The second-order valence-corrected chi connectivity index (χ2v) is 6.81. The zero-order chi connectivity index (χ0) is 13.2. The molecule has 4 heteroatoms. The molecule has 1 N–H and O–H groups in total. The van der Waals surface area contributed by atoms with Crippen LogP contribution in [0.4, 0.5) is 0 Å². The topological polar surface area (TPSA) is 15.3 Å². The first kappa shape index (κ1) is 16.3. The summed E-state index contributed by atoms with van der Waals surface area (Å²) in [4.78, 5) is 2.69. The Balaban J connectivity index is 0.00000147. The SMILES string of the molecule is CCC(c1ccc(Br)cc1)N1CCC2CCC(C1)N2.Cl. The van der Waals surface area contributed by atoms with Gasteiger partial charge in [0.15, 0.2) is 0 Å². The summed E-state index contributed by atoms with van der Waals surface area (Å²) in [6.07, 6.45) is 5.24. The van der Waals surface area contributed by atoms with Crippen molar-refractivity contribution >= 4 is 28.3 Å². The van der Waals surface area contributed by atoms with E-state index in [0.29, 0.717) is 6.04 Å². The molecule has 2 nitrogen and oxygen atoms in total. The van der Waals surface area contributed by atoms with E-state index in [4.69, 9.17) is 0 Å². The quantitative estimate of drug-likeness (QED) is 0.872. The Labute approximate surface area is 136 Å². The summed E-state index contributed by atoms with van der Waals surface area (Å²) in [6, 6.07) is 11.0. The molecule has 2 fully saturated rings. The third-order valence-electron chi connectivity index (χ3n) is 4.64. The summed E-state index contributed by atoms with van der Waals surface area (Å²) in [5.41, 5.74) is 1.46. The highest BCUT2D eigenvalue weighted by Gasteiger charge is 2.31. The van der Waals surface area contributed by atoms with Gasteiger partial charge in [-0.15, -0.1) is 12.4 Å². The summed E-state index contributed by atoms with van der Waals surface area (Å²) < 4.78 is 1.17. The summed E-state index contributed by atoms with van der Waals surface area (Å²) in [5.74, 6) is 0. The van der Waals surface area contributed by atoms with Crippen molar-refractivity contribution in [3.05, 3.63) is 34.3 Å².